The minimum Gasteiger partial charge on any atom is -0.310 e. The molecule has 60 heavy (non-hydrogen) atoms. The minimum atomic E-state index is -0.489. The molecule has 1 spiro atoms. The van der Waals surface area contributed by atoms with Gasteiger partial charge in [0.05, 0.1) is 16.4 Å². The molecule has 2 heterocycles. The molecule has 0 saturated carbocycles. The van der Waals surface area contributed by atoms with Crippen LogP contribution in [-0.4, -0.2) is 4.57 Å². The quantitative estimate of drug-likeness (QED) is 0.176. The molecular formula is C57H36N2S. The molecule has 13 rings (SSSR count). The van der Waals surface area contributed by atoms with E-state index in [4.69, 9.17) is 0 Å². The van der Waals surface area contributed by atoms with Gasteiger partial charge in [-0.1, -0.05) is 169 Å². The summed E-state index contributed by atoms with van der Waals surface area (Å²) in [6, 6.07) is 81.2. The second-order valence-corrected chi connectivity index (χ2v) is 17.1. The lowest BCUT2D eigenvalue weighted by atomic mass is 9.59. The van der Waals surface area contributed by atoms with Gasteiger partial charge in [0, 0.05) is 43.3 Å². The van der Waals surface area contributed by atoms with Gasteiger partial charge in [-0.25, -0.2) is 0 Å². The van der Waals surface area contributed by atoms with Crippen LogP contribution in [0.4, 0.5) is 17.1 Å². The Labute approximate surface area is 352 Å². The summed E-state index contributed by atoms with van der Waals surface area (Å²) in [4.78, 5) is 4.99. The van der Waals surface area contributed by atoms with Crippen LogP contribution in [0, 0.1) is 0 Å². The average Bonchev–Trinajstić information content (AvgIpc) is 3.64. The second kappa shape index (κ2) is 12.8. The van der Waals surface area contributed by atoms with Crippen molar-refractivity contribution in [3.05, 3.63) is 241 Å². The fraction of sp³-hybridized carbons (Fsp3) is 0.0175. The van der Waals surface area contributed by atoms with Crippen LogP contribution >= 0.6 is 11.8 Å². The zero-order valence-electron chi connectivity index (χ0n) is 32.6. The summed E-state index contributed by atoms with van der Waals surface area (Å²) in [7, 11) is 0. The van der Waals surface area contributed by atoms with Crippen molar-refractivity contribution < 1.29 is 0 Å². The van der Waals surface area contributed by atoms with Crippen molar-refractivity contribution in [2.45, 2.75) is 15.2 Å². The van der Waals surface area contributed by atoms with E-state index in [2.05, 4.69) is 228 Å². The third-order valence-electron chi connectivity index (χ3n) is 13.0. The molecular weight excluding hydrogens is 745 g/mol. The van der Waals surface area contributed by atoms with E-state index in [1.807, 2.05) is 11.8 Å². The first-order valence-corrected chi connectivity index (χ1v) is 21.5. The van der Waals surface area contributed by atoms with Crippen molar-refractivity contribution in [1.82, 2.24) is 4.57 Å². The van der Waals surface area contributed by atoms with Crippen LogP contribution in [-0.2, 0) is 5.41 Å². The van der Waals surface area contributed by atoms with Crippen molar-refractivity contribution in [2.24, 2.45) is 0 Å². The topological polar surface area (TPSA) is 8.17 Å². The van der Waals surface area contributed by atoms with Gasteiger partial charge >= 0.3 is 0 Å². The van der Waals surface area contributed by atoms with Gasteiger partial charge in [0.2, 0.25) is 0 Å². The molecule has 0 amide bonds. The highest BCUT2D eigenvalue weighted by Crippen LogP contribution is 2.61. The average molecular weight is 781 g/mol. The molecule has 0 fully saturated rings. The first kappa shape index (κ1) is 33.6. The molecule has 1 aliphatic carbocycles. The number of hydrogen-bond donors (Lipinski definition) is 0. The van der Waals surface area contributed by atoms with Gasteiger partial charge in [-0.3, -0.25) is 0 Å². The molecule has 1 unspecified atom stereocenters. The summed E-state index contributed by atoms with van der Waals surface area (Å²) in [5.41, 5.74) is 14.4. The molecule has 2 nitrogen and oxygen atoms in total. The normalized spacial score (nSPS) is 15.0. The first-order chi connectivity index (χ1) is 29.8. The van der Waals surface area contributed by atoms with Crippen molar-refractivity contribution in [1.29, 1.82) is 0 Å². The van der Waals surface area contributed by atoms with Gasteiger partial charge in [0.25, 0.3) is 0 Å². The molecule has 1 aromatic heterocycles. The van der Waals surface area contributed by atoms with Gasteiger partial charge in [-0.2, -0.15) is 0 Å². The van der Waals surface area contributed by atoms with Crippen LogP contribution in [0.2, 0.25) is 0 Å². The molecule has 280 valence electrons. The lowest BCUT2D eigenvalue weighted by Crippen LogP contribution is -2.36. The number of fused-ring (bicyclic) bond motifs is 12. The molecule has 0 bridgehead atoms. The van der Waals surface area contributed by atoms with E-state index in [-0.39, 0.29) is 0 Å². The number of anilines is 3. The van der Waals surface area contributed by atoms with Crippen molar-refractivity contribution >= 4 is 72.2 Å². The summed E-state index contributed by atoms with van der Waals surface area (Å²) in [5, 5.41) is 7.58. The molecule has 1 atom stereocenters. The predicted octanol–water partition coefficient (Wildman–Crippen LogP) is 15.4. The summed E-state index contributed by atoms with van der Waals surface area (Å²) in [6.07, 6.45) is 0. The van der Waals surface area contributed by atoms with Crippen LogP contribution < -0.4 is 4.90 Å². The Kier molecular flexibility index (Phi) is 7.19. The summed E-state index contributed by atoms with van der Waals surface area (Å²) >= 11 is 1.89. The third kappa shape index (κ3) is 4.67. The van der Waals surface area contributed by atoms with Crippen LogP contribution in [0.5, 0.6) is 0 Å². The SMILES string of the molecule is c1ccc(N(c2ccc3c(c2)Sc2ccccc2C32c3ccccc3-c3cccc4cccc2c34)c2ccc3c4ccccc4n(-c4ccc5ccccc5c4)c3c2)cc1. The highest BCUT2D eigenvalue weighted by molar-refractivity contribution is 7.99. The Hall–Kier alpha value is -7.33. The predicted molar refractivity (Wildman–Crippen MR) is 252 cm³/mol. The van der Waals surface area contributed by atoms with Crippen LogP contribution in [0.25, 0.3) is 60.2 Å². The summed E-state index contributed by atoms with van der Waals surface area (Å²) in [5.74, 6) is 0. The molecule has 0 N–H and O–H groups in total. The van der Waals surface area contributed by atoms with Crippen LogP contribution in [0.15, 0.2) is 228 Å². The maximum absolute atomic E-state index is 2.44. The number of para-hydroxylation sites is 2. The smallest absolute Gasteiger partial charge is 0.0735 e. The van der Waals surface area contributed by atoms with Crippen LogP contribution in [0.3, 0.4) is 0 Å². The Bertz CT molecular complexity index is 3540. The lowest BCUT2D eigenvalue weighted by Gasteiger charge is -2.46. The van der Waals surface area contributed by atoms with Crippen molar-refractivity contribution in [3.63, 3.8) is 0 Å². The van der Waals surface area contributed by atoms with Gasteiger partial charge in [-0.05, 0) is 116 Å². The molecule has 0 radical (unpaired) electrons. The van der Waals surface area contributed by atoms with E-state index in [9.17, 15) is 0 Å². The van der Waals surface area contributed by atoms with E-state index in [1.54, 1.807) is 0 Å². The Morgan fingerprint density at radius 1 is 0.367 bits per heavy atom. The standard InChI is InChI=1S/C57H36N2S/c1-2-18-40(19-3-1)58(42-30-32-46-45-21-7-10-26-52(45)59(53(46)35-42)41-29-28-37-14-4-5-15-39(37)34-41)43-31-33-50-55(36-43)60-54-27-11-9-24-49(54)57(50)48-23-8-6-20-44(48)47-22-12-16-38-17-13-25-51(57)56(38)47/h1-36H. The Balaban J connectivity index is 1.05. The zero-order chi connectivity index (χ0) is 39.4. The second-order valence-electron chi connectivity index (χ2n) is 16.0. The molecule has 2 aliphatic rings. The van der Waals surface area contributed by atoms with E-state index in [0.717, 1.165) is 22.7 Å². The monoisotopic (exact) mass is 780 g/mol. The molecule has 3 heteroatoms. The van der Waals surface area contributed by atoms with Gasteiger partial charge in [0.15, 0.2) is 0 Å². The van der Waals surface area contributed by atoms with Gasteiger partial charge < -0.3 is 9.47 Å². The molecule has 10 aromatic carbocycles. The number of benzene rings is 10. The summed E-state index contributed by atoms with van der Waals surface area (Å²) in [6.45, 7) is 0. The Morgan fingerprint density at radius 3 is 1.93 bits per heavy atom. The highest BCUT2D eigenvalue weighted by atomic mass is 32.2. The van der Waals surface area contributed by atoms with Gasteiger partial charge in [-0.15, -0.1) is 0 Å². The van der Waals surface area contributed by atoms with E-state index in [1.165, 1.54) is 86.5 Å². The third-order valence-corrected chi connectivity index (χ3v) is 14.1. The lowest BCUT2D eigenvalue weighted by molar-refractivity contribution is 0.707. The number of rotatable bonds is 4. The van der Waals surface area contributed by atoms with E-state index < -0.39 is 5.41 Å². The number of hydrogen-bond acceptors (Lipinski definition) is 2. The van der Waals surface area contributed by atoms with Crippen molar-refractivity contribution in [3.8, 4) is 16.8 Å². The first-order valence-electron chi connectivity index (χ1n) is 20.7. The van der Waals surface area contributed by atoms with E-state index in [0.29, 0.717) is 0 Å². The molecule has 1 aliphatic heterocycles. The fourth-order valence-electron chi connectivity index (χ4n) is 10.5. The number of aromatic nitrogens is 1. The highest BCUT2D eigenvalue weighted by Gasteiger charge is 2.48. The van der Waals surface area contributed by atoms with Crippen molar-refractivity contribution in [2.75, 3.05) is 4.90 Å². The van der Waals surface area contributed by atoms with Crippen LogP contribution in [0.1, 0.15) is 22.3 Å². The maximum atomic E-state index is 2.44. The Morgan fingerprint density at radius 2 is 1.02 bits per heavy atom. The summed E-state index contributed by atoms with van der Waals surface area (Å²) < 4.78 is 2.44. The number of nitrogens with zero attached hydrogens (tertiary/aromatic N) is 2. The maximum Gasteiger partial charge on any atom is 0.0735 e. The minimum absolute atomic E-state index is 0.489. The fourth-order valence-corrected chi connectivity index (χ4v) is 11.8. The zero-order valence-corrected chi connectivity index (χ0v) is 33.4. The largest absolute Gasteiger partial charge is 0.310 e. The molecule has 11 aromatic rings. The van der Waals surface area contributed by atoms with E-state index >= 15 is 0 Å². The molecule has 0 saturated heterocycles. The van der Waals surface area contributed by atoms with Gasteiger partial charge in [0.1, 0.15) is 0 Å².